The normalized spacial score (nSPS) is 14.4. The van der Waals surface area contributed by atoms with Gasteiger partial charge in [-0.15, -0.1) is 0 Å². The van der Waals surface area contributed by atoms with Gasteiger partial charge in [0.15, 0.2) is 0 Å². The fourth-order valence-corrected chi connectivity index (χ4v) is 2.85. The van der Waals surface area contributed by atoms with Crippen molar-refractivity contribution in [2.24, 2.45) is 0 Å². The van der Waals surface area contributed by atoms with Gasteiger partial charge in [0.1, 0.15) is 0 Å². The van der Waals surface area contributed by atoms with Crippen molar-refractivity contribution >= 4 is 41.4 Å². The fourth-order valence-electron chi connectivity index (χ4n) is 2.67. The molecule has 1 heterocycles. The molecule has 0 saturated carbocycles. The van der Waals surface area contributed by atoms with Gasteiger partial charge in [0.25, 0.3) is 0 Å². The van der Waals surface area contributed by atoms with Crippen LogP contribution in [0.1, 0.15) is 29.2 Å². The Hall–Kier alpha value is -2.32. The first kappa shape index (κ1) is 14.6. The van der Waals surface area contributed by atoms with E-state index in [1.54, 1.807) is 11.8 Å². The molecular weight excluding hydrogens is 294 g/mol. The number of benzene rings is 2. The van der Waals surface area contributed by atoms with E-state index in [2.05, 4.69) is 24.8 Å². The monoisotopic (exact) mass is 309 g/mol. The molecule has 0 spiro atoms. The molecule has 2 aromatic rings. The van der Waals surface area contributed by atoms with Crippen LogP contribution >= 0.6 is 11.6 Å². The van der Waals surface area contributed by atoms with Gasteiger partial charge < -0.3 is 4.90 Å². The average Bonchev–Trinajstić information content (AvgIpc) is 2.49. The molecule has 1 aliphatic heterocycles. The molecule has 1 amide bonds. The summed E-state index contributed by atoms with van der Waals surface area (Å²) >= 11 is 6.09. The van der Waals surface area contributed by atoms with Gasteiger partial charge >= 0.3 is 0 Å². The first-order valence-corrected chi connectivity index (χ1v) is 7.47. The predicted molar refractivity (Wildman–Crippen MR) is 93.8 cm³/mol. The Balaban J connectivity index is 2.19. The smallest absolute Gasteiger partial charge is 0.224 e. The largest absolute Gasteiger partial charge is 0.308 e. The minimum atomic E-state index is 0.00817. The number of rotatable bonds is 1. The molecule has 0 unspecified atom stereocenters. The number of nitrogens with zero attached hydrogens (tertiary/aromatic N) is 1. The maximum absolute atomic E-state index is 12.1. The molecule has 0 fully saturated rings. The molecule has 0 aliphatic carbocycles. The minimum absolute atomic E-state index is 0.00817. The summed E-state index contributed by atoms with van der Waals surface area (Å²) in [6.07, 6.45) is 5.88. The molecule has 0 bridgehead atoms. The molecular formula is C19H16ClNO. The second-order valence-corrected chi connectivity index (χ2v) is 5.74. The van der Waals surface area contributed by atoms with Crippen LogP contribution in [0, 0.1) is 0 Å². The summed E-state index contributed by atoms with van der Waals surface area (Å²) in [7, 11) is 0. The van der Waals surface area contributed by atoms with Crippen molar-refractivity contribution in [3.63, 3.8) is 0 Å². The lowest BCUT2D eigenvalue weighted by Gasteiger charge is -2.26. The van der Waals surface area contributed by atoms with Gasteiger partial charge in [0.05, 0.1) is 12.2 Å². The van der Waals surface area contributed by atoms with Crippen LogP contribution in [0.5, 0.6) is 0 Å². The summed E-state index contributed by atoms with van der Waals surface area (Å²) < 4.78 is 0. The van der Waals surface area contributed by atoms with Crippen molar-refractivity contribution in [3.8, 4) is 0 Å². The predicted octanol–water partition coefficient (Wildman–Crippen LogP) is 5.02. The van der Waals surface area contributed by atoms with Crippen LogP contribution in [0.2, 0.25) is 5.02 Å². The Morgan fingerprint density at radius 3 is 2.68 bits per heavy atom. The lowest BCUT2D eigenvalue weighted by Crippen LogP contribution is -2.29. The van der Waals surface area contributed by atoms with Gasteiger partial charge in [-0.05, 0) is 46.5 Å². The van der Waals surface area contributed by atoms with Crippen LogP contribution in [-0.4, -0.2) is 5.91 Å². The first-order chi connectivity index (χ1) is 10.6. The SMILES string of the molecule is C=Cc1ccc2c(c1)CN(C(C)=O)c1ccc(Cl)cc1/C=C\2. The lowest BCUT2D eigenvalue weighted by atomic mass is 9.99. The van der Waals surface area contributed by atoms with Crippen LogP contribution < -0.4 is 4.90 Å². The summed E-state index contributed by atoms with van der Waals surface area (Å²) in [6, 6.07) is 11.7. The third kappa shape index (κ3) is 2.70. The molecule has 2 nitrogen and oxygen atoms in total. The number of halogens is 1. The van der Waals surface area contributed by atoms with Crippen LogP contribution in [-0.2, 0) is 11.3 Å². The molecule has 22 heavy (non-hydrogen) atoms. The van der Waals surface area contributed by atoms with E-state index >= 15 is 0 Å². The molecule has 0 atom stereocenters. The van der Waals surface area contributed by atoms with Gasteiger partial charge in [-0.2, -0.15) is 0 Å². The van der Waals surface area contributed by atoms with Gasteiger partial charge in [0, 0.05) is 11.9 Å². The molecule has 3 rings (SSSR count). The number of carbonyl (C=O) groups excluding carboxylic acids is 1. The van der Waals surface area contributed by atoms with Crippen LogP contribution in [0.4, 0.5) is 5.69 Å². The van der Waals surface area contributed by atoms with Crippen molar-refractivity contribution in [1.29, 1.82) is 0 Å². The molecule has 0 saturated heterocycles. The highest BCUT2D eigenvalue weighted by Crippen LogP contribution is 2.31. The van der Waals surface area contributed by atoms with E-state index in [1.165, 1.54) is 0 Å². The quantitative estimate of drug-likeness (QED) is 0.724. The Labute approximate surface area is 135 Å². The fraction of sp³-hybridized carbons (Fsp3) is 0.105. The molecule has 3 heteroatoms. The van der Waals surface area contributed by atoms with E-state index in [-0.39, 0.29) is 5.91 Å². The average molecular weight is 310 g/mol. The van der Waals surface area contributed by atoms with E-state index < -0.39 is 0 Å². The maximum Gasteiger partial charge on any atom is 0.224 e. The topological polar surface area (TPSA) is 20.3 Å². The molecule has 2 aromatic carbocycles. The van der Waals surface area contributed by atoms with E-state index in [0.29, 0.717) is 11.6 Å². The Morgan fingerprint density at radius 1 is 1.18 bits per heavy atom. The highest BCUT2D eigenvalue weighted by atomic mass is 35.5. The Bertz CT molecular complexity index is 792. The zero-order chi connectivity index (χ0) is 15.7. The highest BCUT2D eigenvalue weighted by Gasteiger charge is 2.18. The van der Waals surface area contributed by atoms with E-state index in [9.17, 15) is 4.79 Å². The third-order valence-corrected chi connectivity index (χ3v) is 4.07. The third-order valence-electron chi connectivity index (χ3n) is 3.83. The van der Waals surface area contributed by atoms with Gasteiger partial charge in [-0.3, -0.25) is 4.79 Å². The summed E-state index contributed by atoms with van der Waals surface area (Å²) in [4.78, 5) is 13.9. The number of hydrogen-bond donors (Lipinski definition) is 0. The van der Waals surface area contributed by atoms with Crippen molar-refractivity contribution in [2.45, 2.75) is 13.5 Å². The van der Waals surface area contributed by atoms with Crippen LogP contribution in [0.3, 0.4) is 0 Å². The number of fused-ring (bicyclic) bond motifs is 2. The maximum atomic E-state index is 12.1. The summed E-state index contributed by atoms with van der Waals surface area (Å²) in [5.74, 6) is 0.00817. The summed E-state index contributed by atoms with van der Waals surface area (Å²) in [6.45, 7) is 5.93. The molecule has 0 N–H and O–H groups in total. The number of anilines is 1. The number of hydrogen-bond acceptors (Lipinski definition) is 1. The molecule has 1 aliphatic rings. The number of carbonyl (C=O) groups is 1. The Morgan fingerprint density at radius 2 is 1.95 bits per heavy atom. The molecule has 0 aromatic heterocycles. The van der Waals surface area contributed by atoms with Crippen LogP contribution in [0.25, 0.3) is 18.2 Å². The number of amides is 1. The minimum Gasteiger partial charge on any atom is -0.308 e. The summed E-state index contributed by atoms with van der Waals surface area (Å²) in [5.41, 5.74) is 5.07. The molecule has 0 radical (unpaired) electrons. The zero-order valence-electron chi connectivity index (χ0n) is 12.3. The Kier molecular flexibility index (Phi) is 3.86. The lowest BCUT2D eigenvalue weighted by molar-refractivity contribution is -0.116. The van der Waals surface area contributed by atoms with Crippen molar-refractivity contribution in [1.82, 2.24) is 0 Å². The second-order valence-electron chi connectivity index (χ2n) is 5.30. The van der Waals surface area contributed by atoms with E-state index in [1.807, 2.05) is 36.4 Å². The summed E-state index contributed by atoms with van der Waals surface area (Å²) in [5, 5.41) is 0.662. The van der Waals surface area contributed by atoms with E-state index in [4.69, 9.17) is 11.6 Å². The molecule has 110 valence electrons. The van der Waals surface area contributed by atoms with Crippen LogP contribution in [0.15, 0.2) is 43.0 Å². The second kappa shape index (κ2) is 5.82. The van der Waals surface area contributed by atoms with Gasteiger partial charge in [-0.25, -0.2) is 0 Å². The first-order valence-electron chi connectivity index (χ1n) is 7.09. The van der Waals surface area contributed by atoms with E-state index in [0.717, 1.165) is 27.9 Å². The highest BCUT2D eigenvalue weighted by molar-refractivity contribution is 6.30. The van der Waals surface area contributed by atoms with Gasteiger partial charge in [0.2, 0.25) is 5.91 Å². The standard InChI is InChI=1S/C19H16ClNO/c1-3-14-4-5-15-6-7-16-11-18(20)8-9-19(16)21(13(2)22)12-17(15)10-14/h3-11H,1,12H2,2H3/b7-6-. The van der Waals surface area contributed by atoms with Crippen molar-refractivity contribution < 1.29 is 4.79 Å². The van der Waals surface area contributed by atoms with Crippen molar-refractivity contribution in [3.05, 3.63) is 70.3 Å². The zero-order valence-corrected chi connectivity index (χ0v) is 13.1. The van der Waals surface area contributed by atoms with Crippen molar-refractivity contribution in [2.75, 3.05) is 4.90 Å². The van der Waals surface area contributed by atoms with Gasteiger partial charge in [-0.1, -0.05) is 48.5 Å².